The summed E-state index contributed by atoms with van der Waals surface area (Å²) in [7, 11) is 1.48. The summed E-state index contributed by atoms with van der Waals surface area (Å²) < 4.78 is 10.1. The zero-order chi connectivity index (χ0) is 13.4. The van der Waals surface area contributed by atoms with Gasteiger partial charge in [-0.15, -0.1) is 0 Å². The fraction of sp³-hybridized carbons (Fsp3) is 0.385. The molecule has 1 N–H and O–H groups in total. The molecule has 0 heterocycles. The third kappa shape index (κ3) is 4.97. The molecule has 1 rings (SSSR count). The van der Waals surface area contributed by atoms with E-state index in [0.717, 1.165) is 5.56 Å². The van der Waals surface area contributed by atoms with Crippen LogP contribution in [-0.2, 0) is 25.7 Å². The number of ether oxygens (including phenoxy) is 2. The van der Waals surface area contributed by atoms with Gasteiger partial charge < -0.3 is 14.8 Å². The monoisotopic (exact) mass is 251 g/mol. The zero-order valence-corrected chi connectivity index (χ0v) is 10.5. The van der Waals surface area contributed by atoms with E-state index in [2.05, 4.69) is 5.32 Å². The molecule has 0 saturated heterocycles. The molecule has 0 aromatic heterocycles. The lowest BCUT2D eigenvalue weighted by Crippen LogP contribution is -2.29. The Morgan fingerprint density at radius 3 is 2.56 bits per heavy atom. The molecule has 0 radical (unpaired) electrons. The summed E-state index contributed by atoms with van der Waals surface area (Å²) in [6.07, 6.45) is -0.699. The Kier molecular flexibility index (Phi) is 5.87. The highest BCUT2D eigenvalue weighted by atomic mass is 16.6. The third-order valence-electron chi connectivity index (χ3n) is 2.30. The molecule has 1 aromatic carbocycles. The smallest absolute Gasteiger partial charge is 0.335 e. The summed E-state index contributed by atoms with van der Waals surface area (Å²) >= 11 is 0. The first-order valence-electron chi connectivity index (χ1n) is 5.66. The second-order valence-corrected chi connectivity index (χ2v) is 3.72. The van der Waals surface area contributed by atoms with Crippen LogP contribution in [0.4, 0.5) is 0 Å². The number of carbonyl (C=O) groups is 2. The van der Waals surface area contributed by atoms with Gasteiger partial charge in [0.1, 0.15) is 0 Å². The Morgan fingerprint density at radius 1 is 1.28 bits per heavy atom. The number of amides is 1. The lowest BCUT2D eigenvalue weighted by atomic mass is 10.2. The number of hydrogen-bond acceptors (Lipinski definition) is 4. The lowest BCUT2D eigenvalue weighted by Gasteiger charge is -2.12. The van der Waals surface area contributed by atoms with Crippen LogP contribution < -0.4 is 5.32 Å². The average molecular weight is 251 g/mol. The molecule has 0 aliphatic rings. The average Bonchev–Trinajstić information content (AvgIpc) is 2.42. The first-order valence-corrected chi connectivity index (χ1v) is 5.66. The number of likely N-dealkylation sites (N-methyl/N-ethyl adjacent to an activating group) is 1. The molecule has 1 aromatic rings. The molecule has 98 valence electrons. The Hall–Kier alpha value is -1.88. The highest BCUT2D eigenvalue weighted by Gasteiger charge is 2.16. The fourth-order valence-electron chi connectivity index (χ4n) is 1.19. The van der Waals surface area contributed by atoms with E-state index in [1.807, 2.05) is 30.3 Å². The molecule has 0 unspecified atom stereocenters. The van der Waals surface area contributed by atoms with Crippen LogP contribution in [0.3, 0.4) is 0 Å². The standard InChI is InChI=1S/C13H17NO4/c1-10(13(16)18-9-12(15)14-2)17-8-11-6-4-3-5-7-11/h3-7,10H,8-9H2,1-2H3,(H,14,15)/t10-/m1/s1. The van der Waals surface area contributed by atoms with Crippen LogP contribution in [0.5, 0.6) is 0 Å². The Morgan fingerprint density at radius 2 is 1.94 bits per heavy atom. The second-order valence-electron chi connectivity index (χ2n) is 3.72. The van der Waals surface area contributed by atoms with Crippen molar-refractivity contribution in [2.24, 2.45) is 0 Å². The molecule has 0 aliphatic carbocycles. The van der Waals surface area contributed by atoms with Gasteiger partial charge in [0.05, 0.1) is 6.61 Å². The minimum atomic E-state index is -0.699. The lowest BCUT2D eigenvalue weighted by molar-refractivity contribution is -0.159. The van der Waals surface area contributed by atoms with Crippen molar-refractivity contribution in [3.05, 3.63) is 35.9 Å². The first-order chi connectivity index (χ1) is 8.63. The van der Waals surface area contributed by atoms with E-state index in [0.29, 0.717) is 6.61 Å². The fourth-order valence-corrected chi connectivity index (χ4v) is 1.19. The summed E-state index contributed by atoms with van der Waals surface area (Å²) in [4.78, 5) is 22.3. The van der Waals surface area contributed by atoms with Gasteiger partial charge in [0.2, 0.25) is 0 Å². The van der Waals surface area contributed by atoms with E-state index >= 15 is 0 Å². The molecular weight excluding hydrogens is 234 g/mol. The Labute approximate surface area is 106 Å². The van der Waals surface area contributed by atoms with Crippen LogP contribution in [0, 0.1) is 0 Å². The van der Waals surface area contributed by atoms with Crippen LogP contribution in [-0.4, -0.2) is 31.6 Å². The summed E-state index contributed by atoms with van der Waals surface area (Å²) in [5.41, 5.74) is 0.975. The van der Waals surface area contributed by atoms with Gasteiger partial charge in [0.25, 0.3) is 5.91 Å². The third-order valence-corrected chi connectivity index (χ3v) is 2.30. The number of benzene rings is 1. The van der Waals surface area contributed by atoms with E-state index in [9.17, 15) is 9.59 Å². The summed E-state index contributed by atoms with van der Waals surface area (Å²) in [6.45, 7) is 1.64. The minimum absolute atomic E-state index is 0.283. The molecular formula is C13H17NO4. The topological polar surface area (TPSA) is 64.6 Å². The van der Waals surface area contributed by atoms with Crippen molar-refractivity contribution in [1.29, 1.82) is 0 Å². The van der Waals surface area contributed by atoms with Crippen molar-refractivity contribution >= 4 is 11.9 Å². The Bertz CT molecular complexity index is 391. The van der Waals surface area contributed by atoms with E-state index in [4.69, 9.17) is 9.47 Å². The predicted molar refractivity (Wildman–Crippen MR) is 65.7 cm³/mol. The second kappa shape index (κ2) is 7.45. The van der Waals surface area contributed by atoms with Crippen molar-refractivity contribution in [1.82, 2.24) is 5.32 Å². The zero-order valence-electron chi connectivity index (χ0n) is 10.5. The predicted octanol–water partition coefficient (Wildman–Crippen LogP) is 0.881. The normalized spacial score (nSPS) is 11.7. The van der Waals surface area contributed by atoms with Crippen molar-refractivity contribution < 1.29 is 19.1 Å². The van der Waals surface area contributed by atoms with Crippen molar-refractivity contribution in [3.8, 4) is 0 Å². The molecule has 0 saturated carbocycles. The molecule has 5 heteroatoms. The number of hydrogen-bond donors (Lipinski definition) is 1. The van der Waals surface area contributed by atoms with Crippen LogP contribution in [0.15, 0.2) is 30.3 Å². The number of carbonyl (C=O) groups excluding carboxylic acids is 2. The van der Waals surface area contributed by atoms with E-state index < -0.39 is 12.1 Å². The maximum absolute atomic E-state index is 11.5. The number of rotatable bonds is 6. The van der Waals surface area contributed by atoms with Crippen molar-refractivity contribution in [2.45, 2.75) is 19.6 Å². The molecule has 1 amide bonds. The van der Waals surface area contributed by atoms with E-state index in [-0.39, 0.29) is 12.5 Å². The molecule has 5 nitrogen and oxygen atoms in total. The van der Waals surface area contributed by atoms with Gasteiger partial charge in [-0.05, 0) is 12.5 Å². The molecule has 18 heavy (non-hydrogen) atoms. The summed E-state index contributed by atoms with van der Waals surface area (Å²) in [5.74, 6) is -0.895. The highest BCUT2D eigenvalue weighted by molar-refractivity contribution is 5.81. The van der Waals surface area contributed by atoms with Crippen LogP contribution in [0.25, 0.3) is 0 Å². The molecule has 0 aliphatic heterocycles. The van der Waals surface area contributed by atoms with Crippen LogP contribution in [0.2, 0.25) is 0 Å². The maximum atomic E-state index is 11.5. The number of esters is 1. The van der Waals surface area contributed by atoms with Crippen LogP contribution >= 0.6 is 0 Å². The largest absolute Gasteiger partial charge is 0.454 e. The number of nitrogens with one attached hydrogen (secondary N) is 1. The van der Waals surface area contributed by atoms with Crippen LogP contribution in [0.1, 0.15) is 12.5 Å². The summed E-state index contributed by atoms with van der Waals surface area (Å²) in [6, 6.07) is 9.51. The van der Waals surface area contributed by atoms with Gasteiger partial charge in [-0.3, -0.25) is 4.79 Å². The van der Waals surface area contributed by atoms with Crippen molar-refractivity contribution in [3.63, 3.8) is 0 Å². The van der Waals surface area contributed by atoms with Gasteiger partial charge in [-0.1, -0.05) is 30.3 Å². The molecule has 0 bridgehead atoms. The quantitative estimate of drug-likeness (QED) is 0.762. The Balaban J connectivity index is 2.30. The minimum Gasteiger partial charge on any atom is -0.454 e. The van der Waals surface area contributed by atoms with Gasteiger partial charge in [-0.25, -0.2) is 4.79 Å². The van der Waals surface area contributed by atoms with E-state index in [1.165, 1.54) is 7.05 Å². The maximum Gasteiger partial charge on any atom is 0.335 e. The molecule has 0 spiro atoms. The van der Waals surface area contributed by atoms with Gasteiger partial charge in [0.15, 0.2) is 12.7 Å². The van der Waals surface area contributed by atoms with Crippen molar-refractivity contribution in [2.75, 3.05) is 13.7 Å². The summed E-state index contributed by atoms with van der Waals surface area (Å²) in [5, 5.41) is 2.36. The van der Waals surface area contributed by atoms with Gasteiger partial charge in [-0.2, -0.15) is 0 Å². The highest BCUT2D eigenvalue weighted by Crippen LogP contribution is 2.04. The first kappa shape index (κ1) is 14.2. The molecule has 1 atom stereocenters. The van der Waals surface area contributed by atoms with E-state index in [1.54, 1.807) is 6.92 Å². The molecule has 0 fully saturated rings. The van der Waals surface area contributed by atoms with Gasteiger partial charge in [0, 0.05) is 7.05 Å². The van der Waals surface area contributed by atoms with Gasteiger partial charge >= 0.3 is 5.97 Å². The SMILES string of the molecule is CNC(=O)COC(=O)[C@@H](C)OCc1ccccc1.